The summed E-state index contributed by atoms with van der Waals surface area (Å²) in [6.45, 7) is 3.17. The molecule has 3 rings (SSSR count). The van der Waals surface area contributed by atoms with Crippen molar-refractivity contribution in [2.24, 2.45) is 0 Å². The maximum Gasteiger partial charge on any atom is 0.224 e. The molecule has 0 aromatic heterocycles. The Morgan fingerprint density at radius 3 is 1.93 bits per heavy atom. The van der Waals surface area contributed by atoms with Crippen molar-refractivity contribution in [3.63, 3.8) is 0 Å². The van der Waals surface area contributed by atoms with Crippen LogP contribution in [0.15, 0.2) is 84.9 Å². The maximum atomic E-state index is 12.4. The van der Waals surface area contributed by atoms with Crippen LogP contribution >= 0.6 is 0 Å². The van der Waals surface area contributed by atoms with E-state index in [9.17, 15) is 4.79 Å². The quantitative estimate of drug-likeness (QED) is 0.639. The minimum Gasteiger partial charge on any atom is -0.494 e. The summed E-state index contributed by atoms with van der Waals surface area (Å²) >= 11 is 0. The first kappa shape index (κ1) is 18.7. The lowest BCUT2D eigenvalue weighted by atomic mass is 9.91. The second kappa shape index (κ2) is 9.58. The predicted octanol–water partition coefficient (Wildman–Crippen LogP) is 4.58. The number of nitrogens with one attached hydrogen (secondary N) is 1. The zero-order valence-corrected chi connectivity index (χ0v) is 15.6. The van der Waals surface area contributed by atoms with Crippen LogP contribution in [0.4, 0.5) is 0 Å². The number of carbonyl (C=O) groups excluding carboxylic acids is 1. The number of rotatable bonds is 8. The van der Waals surface area contributed by atoms with Gasteiger partial charge in [0.1, 0.15) is 5.75 Å². The number of carbonyl (C=O) groups is 1. The first-order chi connectivity index (χ1) is 13.3. The first-order valence-electron chi connectivity index (χ1n) is 9.34. The van der Waals surface area contributed by atoms with E-state index in [0.717, 1.165) is 11.3 Å². The molecule has 0 saturated carbocycles. The van der Waals surface area contributed by atoms with Gasteiger partial charge in [-0.3, -0.25) is 4.79 Å². The lowest BCUT2D eigenvalue weighted by molar-refractivity contribution is -0.120. The molecule has 0 aliphatic rings. The minimum absolute atomic E-state index is 0.0241. The zero-order chi connectivity index (χ0) is 18.9. The Morgan fingerprint density at radius 2 is 1.41 bits per heavy atom. The Balaban J connectivity index is 1.64. The second-order valence-corrected chi connectivity index (χ2v) is 6.43. The molecule has 0 aliphatic carbocycles. The summed E-state index contributed by atoms with van der Waals surface area (Å²) in [5, 5.41) is 3.10. The van der Waals surface area contributed by atoms with Crippen molar-refractivity contribution in [3.8, 4) is 5.75 Å². The summed E-state index contributed by atoms with van der Waals surface area (Å²) < 4.78 is 5.44. The monoisotopic (exact) mass is 359 g/mol. The smallest absolute Gasteiger partial charge is 0.224 e. The highest BCUT2D eigenvalue weighted by Crippen LogP contribution is 2.23. The summed E-state index contributed by atoms with van der Waals surface area (Å²) in [5.74, 6) is 0.988. The van der Waals surface area contributed by atoms with Crippen molar-refractivity contribution in [1.82, 2.24) is 5.32 Å². The third-order valence-corrected chi connectivity index (χ3v) is 4.51. The molecule has 0 spiro atoms. The zero-order valence-electron chi connectivity index (χ0n) is 15.6. The first-order valence-corrected chi connectivity index (χ1v) is 9.34. The van der Waals surface area contributed by atoms with Gasteiger partial charge < -0.3 is 10.1 Å². The molecule has 0 saturated heterocycles. The van der Waals surface area contributed by atoms with Gasteiger partial charge in [-0.05, 0) is 35.7 Å². The third-order valence-electron chi connectivity index (χ3n) is 4.51. The van der Waals surface area contributed by atoms with E-state index in [4.69, 9.17) is 4.74 Å². The van der Waals surface area contributed by atoms with E-state index in [1.807, 2.05) is 67.6 Å². The van der Waals surface area contributed by atoms with Crippen molar-refractivity contribution in [2.45, 2.75) is 19.3 Å². The molecule has 0 bridgehead atoms. The number of hydrogen-bond donors (Lipinski definition) is 1. The molecule has 3 heteroatoms. The number of benzene rings is 3. The van der Waals surface area contributed by atoms with E-state index < -0.39 is 0 Å². The fourth-order valence-corrected chi connectivity index (χ4v) is 3.13. The number of amides is 1. The largest absolute Gasteiger partial charge is 0.494 e. The van der Waals surface area contributed by atoms with Crippen LogP contribution in [-0.2, 0) is 11.2 Å². The van der Waals surface area contributed by atoms with Crippen molar-refractivity contribution in [1.29, 1.82) is 0 Å². The standard InChI is InChI=1S/C24H25NO2/c1-2-27-22-15-13-19(14-16-22)17-24(26)25-18-23(20-9-5-3-6-10-20)21-11-7-4-8-12-21/h3-16,23H,2,17-18H2,1H3,(H,25,26). The normalized spacial score (nSPS) is 10.6. The van der Waals surface area contributed by atoms with Gasteiger partial charge in [0, 0.05) is 12.5 Å². The highest BCUT2D eigenvalue weighted by Gasteiger charge is 2.15. The van der Waals surface area contributed by atoms with Crippen LogP contribution in [0.5, 0.6) is 5.75 Å². The fourth-order valence-electron chi connectivity index (χ4n) is 3.13. The number of ether oxygens (including phenoxy) is 1. The topological polar surface area (TPSA) is 38.3 Å². The highest BCUT2D eigenvalue weighted by atomic mass is 16.5. The average molecular weight is 359 g/mol. The summed E-state index contributed by atoms with van der Waals surface area (Å²) in [6.07, 6.45) is 0.364. The molecule has 3 nitrogen and oxygen atoms in total. The predicted molar refractivity (Wildman–Crippen MR) is 109 cm³/mol. The fraction of sp³-hybridized carbons (Fsp3) is 0.208. The summed E-state index contributed by atoms with van der Waals surface area (Å²) in [5.41, 5.74) is 3.38. The van der Waals surface area contributed by atoms with Crippen molar-refractivity contribution < 1.29 is 9.53 Å². The minimum atomic E-state index is 0.0241. The van der Waals surface area contributed by atoms with E-state index >= 15 is 0 Å². The Morgan fingerprint density at radius 1 is 0.852 bits per heavy atom. The van der Waals surface area contributed by atoms with Gasteiger partial charge in [-0.1, -0.05) is 72.8 Å². The molecule has 0 fully saturated rings. The van der Waals surface area contributed by atoms with Crippen LogP contribution < -0.4 is 10.1 Å². The molecule has 3 aromatic rings. The molecule has 0 unspecified atom stereocenters. The van der Waals surface area contributed by atoms with Crippen LogP contribution in [0.2, 0.25) is 0 Å². The molecule has 138 valence electrons. The molecular formula is C24H25NO2. The van der Waals surface area contributed by atoms with E-state index in [0.29, 0.717) is 19.6 Å². The van der Waals surface area contributed by atoms with E-state index in [1.54, 1.807) is 0 Å². The van der Waals surface area contributed by atoms with E-state index in [1.165, 1.54) is 11.1 Å². The Bertz CT molecular complexity index is 790. The summed E-state index contributed by atoms with van der Waals surface area (Å²) in [7, 11) is 0. The Hall–Kier alpha value is -3.07. The van der Waals surface area contributed by atoms with Gasteiger partial charge in [-0.25, -0.2) is 0 Å². The van der Waals surface area contributed by atoms with E-state index in [-0.39, 0.29) is 11.8 Å². The van der Waals surface area contributed by atoms with Gasteiger partial charge in [0.2, 0.25) is 5.91 Å². The second-order valence-electron chi connectivity index (χ2n) is 6.43. The lowest BCUT2D eigenvalue weighted by Crippen LogP contribution is -2.30. The van der Waals surface area contributed by atoms with Crippen LogP contribution in [0.25, 0.3) is 0 Å². The van der Waals surface area contributed by atoms with Gasteiger partial charge in [-0.15, -0.1) is 0 Å². The van der Waals surface area contributed by atoms with Crippen LogP contribution in [0.3, 0.4) is 0 Å². The molecule has 3 aromatic carbocycles. The molecule has 0 heterocycles. The molecule has 1 N–H and O–H groups in total. The van der Waals surface area contributed by atoms with Gasteiger partial charge in [0.25, 0.3) is 0 Å². The number of hydrogen-bond acceptors (Lipinski definition) is 2. The molecule has 0 radical (unpaired) electrons. The Labute approximate surface area is 161 Å². The highest BCUT2D eigenvalue weighted by molar-refractivity contribution is 5.78. The van der Waals surface area contributed by atoms with Crippen molar-refractivity contribution >= 4 is 5.91 Å². The molecule has 1 amide bonds. The van der Waals surface area contributed by atoms with Gasteiger partial charge in [0.15, 0.2) is 0 Å². The van der Waals surface area contributed by atoms with Crippen LogP contribution in [0, 0.1) is 0 Å². The van der Waals surface area contributed by atoms with Crippen molar-refractivity contribution in [3.05, 3.63) is 102 Å². The summed E-state index contributed by atoms with van der Waals surface area (Å²) in [4.78, 5) is 12.4. The third kappa shape index (κ3) is 5.45. The average Bonchev–Trinajstić information content (AvgIpc) is 2.71. The van der Waals surface area contributed by atoms with E-state index in [2.05, 4.69) is 29.6 Å². The lowest BCUT2D eigenvalue weighted by Gasteiger charge is -2.19. The van der Waals surface area contributed by atoms with Gasteiger partial charge in [-0.2, -0.15) is 0 Å². The van der Waals surface area contributed by atoms with Crippen molar-refractivity contribution in [2.75, 3.05) is 13.2 Å². The molecule has 0 aliphatic heterocycles. The SMILES string of the molecule is CCOc1ccc(CC(=O)NCC(c2ccccc2)c2ccccc2)cc1. The van der Waals surface area contributed by atoms with Gasteiger partial charge >= 0.3 is 0 Å². The van der Waals surface area contributed by atoms with Gasteiger partial charge in [0.05, 0.1) is 13.0 Å². The van der Waals surface area contributed by atoms with Crippen LogP contribution in [0.1, 0.15) is 29.5 Å². The Kier molecular flexibility index (Phi) is 6.64. The molecular weight excluding hydrogens is 334 g/mol. The summed E-state index contributed by atoms with van der Waals surface area (Å²) in [6, 6.07) is 28.3. The molecule has 0 atom stereocenters. The van der Waals surface area contributed by atoms with Crippen LogP contribution in [-0.4, -0.2) is 19.1 Å². The molecule has 27 heavy (non-hydrogen) atoms. The maximum absolute atomic E-state index is 12.4.